The first-order chi connectivity index (χ1) is 24.2. The van der Waals surface area contributed by atoms with Crippen LogP contribution in [0.2, 0.25) is 0 Å². The van der Waals surface area contributed by atoms with E-state index in [0.717, 1.165) is 47.4 Å². The summed E-state index contributed by atoms with van der Waals surface area (Å²) in [6, 6.07) is 11.1. The molecular weight excluding hydrogens is 652 g/mol. The number of likely N-dealkylation sites (tertiary alicyclic amines) is 1. The predicted molar refractivity (Wildman–Crippen MR) is 183 cm³/mol. The lowest BCUT2D eigenvalue weighted by atomic mass is 10.0. The summed E-state index contributed by atoms with van der Waals surface area (Å²) in [4.78, 5) is 33.7. The first-order valence-corrected chi connectivity index (χ1v) is 16.7. The number of amides is 2. The van der Waals surface area contributed by atoms with Gasteiger partial charge in [-0.3, -0.25) is 9.78 Å². The Morgan fingerprint density at radius 2 is 1.52 bits per heavy atom. The number of carbonyl (C=O) groups is 2. The quantitative estimate of drug-likeness (QED) is 0.141. The number of benzene rings is 2. The maximum Gasteiger partial charge on any atom is 0.409 e. The number of hydrogen-bond acceptors (Lipinski definition) is 9. The molecule has 0 unspecified atom stereocenters. The molecule has 1 saturated heterocycles. The Bertz CT molecular complexity index is 1530. The zero-order valence-corrected chi connectivity index (χ0v) is 29.4. The van der Waals surface area contributed by atoms with Crippen molar-refractivity contribution in [3.8, 4) is 28.7 Å². The van der Waals surface area contributed by atoms with E-state index in [-0.39, 0.29) is 30.4 Å². The number of hydrogen-bond donors (Lipinski definition) is 0. The van der Waals surface area contributed by atoms with Crippen LogP contribution in [0.3, 0.4) is 0 Å². The Balaban J connectivity index is 1.39. The molecular formula is C37H47F2N3O8. The third kappa shape index (κ3) is 9.45. The number of methoxy groups -OCH3 is 5. The molecule has 11 nitrogen and oxygen atoms in total. The van der Waals surface area contributed by atoms with Crippen LogP contribution < -0.4 is 23.7 Å². The minimum Gasteiger partial charge on any atom is -0.493 e. The van der Waals surface area contributed by atoms with E-state index < -0.39 is 29.5 Å². The summed E-state index contributed by atoms with van der Waals surface area (Å²) in [5, 5.41) is 0. The van der Waals surface area contributed by atoms with Gasteiger partial charge in [0.05, 0.1) is 41.6 Å². The molecule has 0 saturated carbocycles. The number of nitrogens with zero attached hydrogens (tertiary/aromatic N) is 3. The number of rotatable bonds is 18. The number of unbranched alkanes of at least 4 members (excludes halogenated alkanes) is 1. The highest BCUT2D eigenvalue weighted by Gasteiger charge is 2.48. The lowest BCUT2D eigenvalue weighted by Crippen LogP contribution is -2.47. The van der Waals surface area contributed by atoms with Gasteiger partial charge in [0.25, 0.3) is 5.91 Å². The number of aryl methyl sites for hydroxylation is 2. The summed E-state index contributed by atoms with van der Waals surface area (Å²) in [6.45, 7) is 0.814. The van der Waals surface area contributed by atoms with Gasteiger partial charge in [0.15, 0.2) is 23.0 Å². The van der Waals surface area contributed by atoms with E-state index in [0.29, 0.717) is 50.3 Å². The van der Waals surface area contributed by atoms with Crippen LogP contribution in [0.4, 0.5) is 13.6 Å². The van der Waals surface area contributed by atoms with E-state index in [1.807, 2.05) is 30.3 Å². The molecule has 3 aromatic rings. The van der Waals surface area contributed by atoms with Crippen LogP contribution in [0.1, 0.15) is 48.8 Å². The van der Waals surface area contributed by atoms with Crippen LogP contribution in [0.25, 0.3) is 0 Å². The van der Waals surface area contributed by atoms with E-state index in [2.05, 4.69) is 4.98 Å². The van der Waals surface area contributed by atoms with Crippen LogP contribution >= 0.6 is 0 Å². The maximum absolute atomic E-state index is 15.7. The molecule has 50 heavy (non-hydrogen) atoms. The molecule has 1 aromatic heterocycles. The normalized spacial score (nSPS) is 14.2. The summed E-state index contributed by atoms with van der Waals surface area (Å²) in [5.74, 6) is -3.81. The fraction of sp³-hybridized carbons (Fsp3) is 0.486. The van der Waals surface area contributed by atoms with Crippen molar-refractivity contribution in [1.29, 1.82) is 0 Å². The standard InChI is InChI=1S/C37H47F2N3O8/c1-45-30-16-15-26(21-31(30)46-2)11-6-7-18-41(19-9-13-27-12-8-17-40-24-27)36(44)50-25-29-14-10-20-42(29)35(43)37(38,39)28-22-32(47-3)34(49-5)33(23-28)48-4/h8,12,15-17,21-24,29H,6-7,9-11,13-14,18-20,25H2,1-5H3/t29-/m0/s1. The summed E-state index contributed by atoms with van der Waals surface area (Å²) >= 11 is 0. The molecule has 13 heteroatoms. The van der Waals surface area contributed by atoms with Crippen LogP contribution in [0, 0.1) is 0 Å². The molecule has 0 N–H and O–H groups in total. The highest BCUT2D eigenvalue weighted by Crippen LogP contribution is 2.43. The molecule has 2 heterocycles. The summed E-state index contributed by atoms with van der Waals surface area (Å²) in [5.41, 5.74) is 1.55. The molecule has 4 rings (SSSR count). The second-order valence-corrected chi connectivity index (χ2v) is 12.0. The lowest BCUT2D eigenvalue weighted by Gasteiger charge is -2.30. The SMILES string of the molecule is COc1ccc(CCCCN(CCCc2cccnc2)C(=O)OC[C@@H]2CCCN2C(=O)C(F)(F)c2cc(OC)c(OC)c(OC)c2)cc1OC. The number of pyridine rings is 1. The number of carbonyl (C=O) groups excluding carboxylic acids is 2. The predicted octanol–water partition coefficient (Wildman–Crippen LogP) is 6.30. The third-order valence-electron chi connectivity index (χ3n) is 8.80. The van der Waals surface area contributed by atoms with Gasteiger partial charge in [0, 0.05) is 37.6 Å². The zero-order chi connectivity index (χ0) is 36.1. The van der Waals surface area contributed by atoms with Crippen LogP contribution in [0.5, 0.6) is 28.7 Å². The smallest absolute Gasteiger partial charge is 0.409 e. The van der Waals surface area contributed by atoms with Crippen LogP contribution in [-0.2, 0) is 28.3 Å². The highest BCUT2D eigenvalue weighted by molar-refractivity contribution is 5.86. The third-order valence-corrected chi connectivity index (χ3v) is 8.80. The van der Waals surface area contributed by atoms with Crippen molar-refractivity contribution < 1.29 is 46.8 Å². The number of halogens is 2. The van der Waals surface area contributed by atoms with E-state index in [4.69, 9.17) is 28.4 Å². The Kier molecular flexibility index (Phi) is 13.9. The van der Waals surface area contributed by atoms with Gasteiger partial charge in [-0.25, -0.2) is 4.79 Å². The van der Waals surface area contributed by atoms with Crippen LogP contribution in [-0.4, -0.2) is 94.6 Å². The Labute approximate surface area is 292 Å². The monoisotopic (exact) mass is 699 g/mol. The number of ether oxygens (including phenoxy) is 6. The van der Waals surface area contributed by atoms with Gasteiger partial charge in [-0.05, 0) is 86.4 Å². The molecule has 2 aromatic carbocycles. The first kappa shape index (κ1) is 38.0. The Hall–Kier alpha value is -4.81. The molecule has 272 valence electrons. The van der Waals surface area contributed by atoms with Crippen molar-refractivity contribution in [3.05, 3.63) is 71.5 Å². The van der Waals surface area contributed by atoms with Gasteiger partial charge in [0.1, 0.15) is 6.61 Å². The number of alkyl halides is 2. The molecule has 0 aliphatic carbocycles. The minimum atomic E-state index is -3.90. The van der Waals surface area contributed by atoms with Gasteiger partial charge < -0.3 is 38.2 Å². The average molecular weight is 700 g/mol. The summed E-state index contributed by atoms with van der Waals surface area (Å²) < 4.78 is 63.6. The summed E-state index contributed by atoms with van der Waals surface area (Å²) in [6.07, 6.45) is 7.61. The van der Waals surface area contributed by atoms with Gasteiger partial charge in [0.2, 0.25) is 5.75 Å². The molecule has 0 bridgehead atoms. The minimum absolute atomic E-state index is 0.00794. The van der Waals surface area contributed by atoms with E-state index >= 15 is 8.78 Å². The van der Waals surface area contributed by atoms with Crippen molar-refractivity contribution in [2.24, 2.45) is 0 Å². The van der Waals surface area contributed by atoms with Gasteiger partial charge in [-0.1, -0.05) is 12.1 Å². The molecule has 1 aliphatic heterocycles. The van der Waals surface area contributed by atoms with Crippen molar-refractivity contribution in [1.82, 2.24) is 14.8 Å². The molecule has 0 radical (unpaired) electrons. The lowest BCUT2D eigenvalue weighted by molar-refractivity contribution is -0.160. The Morgan fingerprint density at radius 3 is 2.16 bits per heavy atom. The molecule has 1 fully saturated rings. The molecule has 1 aliphatic rings. The van der Waals surface area contributed by atoms with E-state index in [9.17, 15) is 9.59 Å². The van der Waals surface area contributed by atoms with Crippen LogP contribution in [0.15, 0.2) is 54.9 Å². The van der Waals surface area contributed by atoms with Crippen molar-refractivity contribution >= 4 is 12.0 Å². The first-order valence-electron chi connectivity index (χ1n) is 16.7. The average Bonchev–Trinajstić information content (AvgIpc) is 3.62. The fourth-order valence-electron chi connectivity index (χ4n) is 6.08. The Morgan fingerprint density at radius 1 is 0.840 bits per heavy atom. The number of aromatic nitrogens is 1. The topological polar surface area (TPSA) is 109 Å². The molecule has 1 atom stereocenters. The summed E-state index contributed by atoms with van der Waals surface area (Å²) in [7, 11) is 7.17. The molecule has 2 amide bonds. The molecule has 0 spiro atoms. The van der Waals surface area contributed by atoms with Gasteiger partial charge in [-0.2, -0.15) is 8.78 Å². The van der Waals surface area contributed by atoms with E-state index in [1.165, 1.54) is 21.3 Å². The highest BCUT2D eigenvalue weighted by atomic mass is 19.3. The van der Waals surface area contributed by atoms with Crippen molar-refractivity contribution in [2.75, 3.05) is 61.8 Å². The van der Waals surface area contributed by atoms with Crippen molar-refractivity contribution in [3.63, 3.8) is 0 Å². The zero-order valence-electron chi connectivity index (χ0n) is 29.4. The van der Waals surface area contributed by atoms with Crippen molar-refractivity contribution in [2.45, 2.75) is 56.9 Å². The maximum atomic E-state index is 15.7. The second-order valence-electron chi connectivity index (χ2n) is 12.0. The largest absolute Gasteiger partial charge is 0.493 e. The van der Waals surface area contributed by atoms with Gasteiger partial charge in [-0.15, -0.1) is 0 Å². The van der Waals surface area contributed by atoms with Gasteiger partial charge >= 0.3 is 12.0 Å². The fourth-order valence-corrected chi connectivity index (χ4v) is 6.08. The second kappa shape index (κ2) is 18.3. The van der Waals surface area contributed by atoms with E-state index in [1.54, 1.807) is 31.5 Å².